The lowest BCUT2D eigenvalue weighted by atomic mass is 10.0. The molecule has 0 aliphatic rings. The minimum atomic E-state index is -5.08. The fraction of sp³-hybridized carbons (Fsp3) is 0.185. The Morgan fingerprint density at radius 3 is 2.33 bits per heavy atom. The van der Waals surface area contributed by atoms with Crippen molar-refractivity contribution in [3.8, 4) is 11.4 Å². The number of nitrogens with two attached hydrogens (primary N) is 1. The van der Waals surface area contributed by atoms with Gasteiger partial charge in [-0.25, -0.2) is 14.2 Å². The molecule has 4 aromatic rings. The largest absolute Gasteiger partial charge is 0.490 e. The van der Waals surface area contributed by atoms with E-state index in [-0.39, 0.29) is 5.84 Å². The summed E-state index contributed by atoms with van der Waals surface area (Å²) in [6.07, 6.45) is -4.20. The van der Waals surface area contributed by atoms with Crippen molar-refractivity contribution < 1.29 is 27.5 Å². The third-order valence-electron chi connectivity index (χ3n) is 5.60. The van der Waals surface area contributed by atoms with Gasteiger partial charge in [-0.05, 0) is 35.7 Å². The Bertz CT molecular complexity index is 1450. The van der Waals surface area contributed by atoms with Gasteiger partial charge in [-0.15, -0.1) is 0 Å². The lowest BCUT2D eigenvalue weighted by molar-refractivity contribution is -0.192. The molecule has 0 amide bonds. The van der Waals surface area contributed by atoms with Gasteiger partial charge in [0.15, 0.2) is 11.6 Å². The van der Waals surface area contributed by atoms with Crippen LogP contribution >= 0.6 is 0 Å². The van der Waals surface area contributed by atoms with Gasteiger partial charge in [0.2, 0.25) is 0 Å². The van der Waals surface area contributed by atoms with E-state index in [9.17, 15) is 17.6 Å². The highest BCUT2D eigenvalue weighted by molar-refractivity contribution is 5.95. The molecular weight excluding hydrogens is 516 g/mol. The number of carboxylic acid groups (broad SMARTS) is 1. The number of aromatic nitrogens is 3. The van der Waals surface area contributed by atoms with Crippen LogP contribution in [0.1, 0.15) is 35.5 Å². The molecule has 0 aliphatic heterocycles. The van der Waals surface area contributed by atoms with E-state index in [0.717, 1.165) is 17.5 Å². The lowest BCUT2D eigenvalue weighted by Gasteiger charge is -2.21. The zero-order chi connectivity index (χ0) is 28.7. The van der Waals surface area contributed by atoms with Gasteiger partial charge in [-0.2, -0.15) is 18.3 Å². The highest BCUT2D eigenvalue weighted by Gasteiger charge is 2.38. The Hall–Kier alpha value is -4.74. The average Bonchev–Trinajstić information content (AvgIpc) is 3.29. The van der Waals surface area contributed by atoms with E-state index in [1.165, 1.54) is 11.6 Å². The molecule has 8 nitrogen and oxygen atoms in total. The summed E-state index contributed by atoms with van der Waals surface area (Å²) < 4.78 is 48.3. The molecule has 0 fully saturated rings. The summed E-state index contributed by atoms with van der Waals surface area (Å²) in [6, 6.07) is 21.9. The van der Waals surface area contributed by atoms with E-state index < -0.39 is 24.0 Å². The molecule has 5 N–H and O–H groups in total. The standard InChI is InChI=1S/C25H25FN6.C2HF3O2/c1-3-16-8-7-11-18(14-16)22(29-21-13-12-19(23(27)28)15-20(21)26)25-30-24(31-32(25)2)17-9-5-4-6-10-17;3-2(4,5)1(6)7/h4-15,22,29H,3H2,1-2H3,(H3,27,28);(H,6,7). The molecule has 204 valence electrons. The predicted molar refractivity (Wildman–Crippen MR) is 139 cm³/mol. The number of aliphatic carboxylic acids is 1. The van der Waals surface area contributed by atoms with Crippen molar-refractivity contribution in [2.24, 2.45) is 12.8 Å². The van der Waals surface area contributed by atoms with Crippen molar-refractivity contribution >= 4 is 17.5 Å². The van der Waals surface area contributed by atoms with Crippen molar-refractivity contribution in [2.75, 3.05) is 5.32 Å². The smallest absolute Gasteiger partial charge is 0.475 e. The number of nitrogens with zero attached hydrogens (tertiary/aromatic N) is 3. The van der Waals surface area contributed by atoms with Gasteiger partial charge in [0.05, 0.1) is 5.69 Å². The number of aryl methyl sites for hydroxylation is 2. The number of nitrogen functional groups attached to an aromatic ring is 1. The molecule has 0 radical (unpaired) electrons. The molecule has 0 spiro atoms. The Kier molecular flexibility index (Phi) is 9.02. The molecular formula is C27H26F4N6O2. The molecule has 0 saturated heterocycles. The summed E-state index contributed by atoms with van der Waals surface area (Å²) in [4.78, 5) is 13.7. The Morgan fingerprint density at radius 2 is 1.77 bits per heavy atom. The first-order chi connectivity index (χ1) is 18.4. The maximum Gasteiger partial charge on any atom is 0.490 e. The molecule has 0 saturated carbocycles. The first kappa shape index (κ1) is 28.8. The van der Waals surface area contributed by atoms with Crippen molar-refractivity contribution in [3.63, 3.8) is 0 Å². The van der Waals surface area contributed by atoms with Gasteiger partial charge in [-0.3, -0.25) is 10.1 Å². The number of hydrogen-bond donors (Lipinski definition) is 4. The molecule has 1 unspecified atom stereocenters. The Morgan fingerprint density at radius 1 is 1.10 bits per heavy atom. The number of alkyl halides is 3. The molecule has 4 rings (SSSR count). The number of anilines is 1. The van der Waals surface area contributed by atoms with E-state index in [0.29, 0.717) is 22.9 Å². The van der Waals surface area contributed by atoms with E-state index in [2.05, 4.69) is 29.5 Å². The Balaban J connectivity index is 0.000000532. The number of carbonyl (C=O) groups is 1. The summed E-state index contributed by atoms with van der Waals surface area (Å²) in [6.45, 7) is 2.09. The molecule has 0 bridgehead atoms. The molecule has 1 heterocycles. The number of benzene rings is 3. The van der Waals surface area contributed by atoms with Crippen LogP contribution in [0.5, 0.6) is 0 Å². The van der Waals surface area contributed by atoms with E-state index in [1.807, 2.05) is 49.5 Å². The number of nitrogens with one attached hydrogen (secondary N) is 2. The van der Waals surface area contributed by atoms with E-state index in [4.69, 9.17) is 26.0 Å². The quantitative estimate of drug-likeness (QED) is 0.142. The monoisotopic (exact) mass is 542 g/mol. The zero-order valence-corrected chi connectivity index (χ0v) is 21.0. The van der Waals surface area contributed by atoms with E-state index >= 15 is 0 Å². The van der Waals surface area contributed by atoms with Crippen LogP contribution < -0.4 is 11.1 Å². The molecule has 0 aliphatic carbocycles. The minimum absolute atomic E-state index is 0.177. The fourth-order valence-electron chi connectivity index (χ4n) is 3.60. The van der Waals surface area contributed by atoms with E-state index in [1.54, 1.807) is 16.8 Å². The van der Waals surface area contributed by atoms with Gasteiger partial charge in [0.1, 0.15) is 17.7 Å². The number of amidine groups is 1. The summed E-state index contributed by atoms with van der Waals surface area (Å²) in [5.74, 6) is -2.16. The fourth-order valence-corrected chi connectivity index (χ4v) is 3.60. The molecule has 12 heteroatoms. The van der Waals surface area contributed by atoms with Crippen LogP contribution in [-0.2, 0) is 18.3 Å². The van der Waals surface area contributed by atoms with Crippen LogP contribution in [0.15, 0.2) is 72.8 Å². The number of rotatable bonds is 7. The summed E-state index contributed by atoms with van der Waals surface area (Å²) in [5.41, 5.74) is 9.17. The van der Waals surface area contributed by atoms with Gasteiger partial charge in [-0.1, -0.05) is 61.5 Å². The Labute approximate surface area is 221 Å². The van der Waals surface area contributed by atoms with Crippen LogP contribution in [0.25, 0.3) is 11.4 Å². The van der Waals surface area contributed by atoms with Crippen molar-refractivity contribution in [2.45, 2.75) is 25.6 Å². The van der Waals surface area contributed by atoms with Crippen LogP contribution in [0.2, 0.25) is 0 Å². The number of halogens is 4. The first-order valence-corrected chi connectivity index (χ1v) is 11.7. The minimum Gasteiger partial charge on any atom is -0.475 e. The average molecular weight is 543 g/mol. The maximum atomic E-state index is 14.9. The number of hydrogen-bond acceptors (Lipinski definition) is 5. The van der Waals surface area contributed by atoms with Crippen molar-refractivity contribution in [3.05, 3.63) is 101 Å². The highest BCUT2D eigenvalue weighted by Crippen LogP contribution is 2.29. The SMILES string of the molecule is CCc1cccc(C(Nc2ccc(C(=N)N)cc2F)c2nc(-c3ccccc3)nn2C)c1.O=C(O)C(F)(F)F. The second kappa shape index (κ2) is 12.2. The highest BCUT2D eigenvalue weighted by atomic mass is 19.4. The summed E-state index contributed by atoms with van der Waals surface area (Å²) >= 11 is 0. The van der Waals surface area contributed by atoms with Gasteiger partial charge in [0.25, 0.3) is 0 Å². The third kappa shape index (κ3) is 7.40. The molecule has 39 heavy (non-hydrogen) atoms. The second-order valence-corrected chi connectivity index (χ2v) is 8.37. The first-order valence-electron chi connectivity index (χ1n) is 11.7. The van der Waals surface area contributed by atoms with Gasteiger partial charge in [0, 0.05) is 18.2 Å². The maximum absolute atomic E-state index is 14.9. The molecule has 1 atom stereocenters. The van der Waals surface area contributed by atoms with Crippen LogP contribution in [0, 0.1) is 11.2 Å². The van der Waals surface area contributed by atoms with Gasteiger partial charge >= 0.3 is 12.1 Å². The van der Waals surface area contributed by atoms with Gasteiger partial charge < -0.3 is 16.2 Å². The predicted octanol–water partition coefficient (Wildman–Crippen LogP) is 5.30. The topological polar surface area (TPSA) is 130 Å². The van der Waals surface area contributed by atoms with Crippen molar-refractivity contribution in [1.29, 1.82) is 5.41 Å². The molecule has 1 aromatic heterocycles. The van der Waals surface area contributed by atoms with Crippen LogP contribution in [0.4, 0.5) is 23.2 Å². The number of carboxylic acids is 1. The summed E-state index contributed by atoms with van der Waals surface area (Å²) in [7, 11) is 1.84. The lowest BCUT2D eigenvalue weighted by Crippen LogP contribution is -2.21. The zero-order valence-electron chi connectivity index (χ0n) is 21.0. The van der Waals surface area contributed by atoms with Crippen LogP contribution in [0.3, 0.4) is 0 Å². The molecule has 3 aromatic carbocycles. The summed E-state index contributed by atoms with van der Waals surface area (Å²) in [5, 5.41) is 22.6. The second-order valence-electron chi connectivity index (χ2n) is 8.37. The van der Waals surface area contributed by atoms with Crippen LogP contribution in [-0.4, -0.2) is 37.9 Å². The normalized spacial score (nSPS) is 11.7. The van der Waals surface area contributed by atoms with Crippen molar-refractivity contribution in [1.82, 2.24) is 14.8 Å². The third-order valence-corrected chi connectivity index (χ3v) is 5.60.